The fourth-order valence-corrected chi connectivity index (χ4v) is 7.49. The zero-order valence-electron chi connectivity index (χ0n) is 17.1. The fourth-order valence-electron chi connectivity index (χ4n) is 5.13. The lowest BCUT2D eigenvalue weighted by Crippen LogP contribution is -2.16. The number of nitrogens with zero attached hydrogens (tertiary/aromatic N) is 1. The van der Waals surface area contributed by atoms with Gasteiger partial charge in [-0.05, 0) is 60.8 Å². The van der Waals surface area contributed by atoms with Gasteiger partial charge in [0.25, 0.3) is 0 Å². The first-order valence-electron chi connectivity index (χ1n) is 11.2. The number of thioether (sulfide) groups is 2. The quantitative estimate of drug-likeness (QED) is 0.397. The molecular weight excluding hydrogens is 392 g/mol. The van der Waals surface area contributed by atoms with Crippen LogP contribution in [-0.4, -0.2) is 5.04 Å². The summed E-state index contributed by atoms with van der Waals surface area (Å²) in [5.41, 5.74) is 8.47. The highest BCUT2D eigenvalue weighted by molar-refractivity contribution is 8.14. The van der Waals surface area contributed by atoms with Crippen molar-refractivity contribution in [2.24, 2.45) is 16.8 Å². The van der Waals surface area contributed by atoms with Crippen LogP contribution in [0, 0.1) is 11.8 Å². The van der Waals surface area contributed by atoms with E-state index in [1.807, 2.05) is 23.5 Å². The molecule has 0 radical (unpaired) electrons. The highest BCUT2D eigenvalue weighted by atomic mass is 32.2. The van der Waals surface area contributed by atoms with E-state index in [1.54, 1.807) is 0 Å². The van der Waals surface area contributed by atoms with Crippen molar-refractivity contribution in [2.45, 2.75) is 74.0 Å². The van der Waals surface area contributed by atoms with E-state index in [4.69, 9.17) is 10.7 Å². The van der Waals surface area contributed by atoms with Gasteiger partial charge >= 0.3 is 0 Å². The van der Waals surface area contributed by atoms with Gasteiger partial charge < -0.3 is 5.73 Å². The third-order valence-electron chi connectivity index (χ3n) is 6.80. The fraction of sp³-hybridized carbons (Fsp3) is 0.480. The predicted octanol–water partition coefficient (Wildman–Crippen LogP) is 8.32. The van der Waals surface area contributed by atoms with Crippen molar-refractivity contribution in [3.8, 4) is 0 Å². The normalized spacial score (nSPS) is 20.6. The number of nitrogen functional groups attached to an aromatic ring is 1. The average Bonchev–Trinajstić information content (AvgIpc) is 2.78. The van der Waals surface area contributed by atoms with Crippen LogP contribution in [0.3, 0.4) is 0 Å². The molecule has 2 aliphatic carbocycles. The largest absolute Gasteiger partial charge is 0.398 e. The first-order valence-corrected chi connectivity index (χ1v) is 12.8. The molecule has 2 nitrogen and oxygen atoms in total. The number of aliphatic imine (C=N–C) groups is 1. The predicted molar refractivity (Wildman–Crippen MR) is 129 cm³/mol. The van der Waals surface area contributed by atoms with Crippen molar-refractivity contribution in [1.29, 1.82) is 0 Å². The van der Waals surface area contributed by atoms with Crippen LogP contribution < -0.4 is 5.73 Å². The van der Waals surface area contributed by atoms with Crippen LogP contribution in [0.5, 0.6) is 0 Å². The van der Waals surface area contributed by atoms with Crippen molar-refractivity contribution < 1.29 is 0 Å². The maximum atomic E-state index is 6.50. The third-order valence-corrected chi connectivity index (χ3v) is 9.15. The average molecular weight is 423 g/mol. The smallest absolute Gasteiger partial charge is 0.0817 e. The number of anilines is 1. The van der Waals surface area contributed by atoms with Crippen LogP contribution >= 0.6 is 23.5 Å². The van der Waals surface area contributed by atoms with Crippen LogP contribution in [0.25, 0.3) is 10.8 Å². The summed E-state index contributed by atoms with van der Waals surface area (Å²) >= 11 is 3.73. The van der Waals surface area contributed by atoms with E-state index in [1.165, 1.54) is 94.7 Å². The van der Waals surface area contributed by atoms with E-state index in [9.17, 15) is 0 Å². The molecule has 0 aromatic heterocycles. The molecule has 2 saturated carbocycles. The highest BCUT2D eigenvalue weighted by Gasteiger charge is 2.26. The molecule has 1 aliphatic heterocycles. The second-order valence-electron chi connectivity index (χ2n) is 8.78. The van der Waals surface area contributed by atoms with E-state index >= 15 is 0 Å². The number of rotatable bonds is 4. The van der Waals surface area contributed by atoms with Gasteiger partial charge in [-0.2, -0.15) is 0 Å². The van der Waals surface area contributed by atoms with E-state index in [2.05, 4.69) is 30.8 Å². The zero-order chi connectivity index (χ0) is 19.8. The Bertz CT molecular complexity index is 966. The minimum atomic E-state index is 0.634. The monoisotopic (exact) mass is 422 g/mol. The SMILES string of the molecule is C=C(Sc1ccc2c3c(ccc(N)c13)SC(C1CCCCC1)=N2)C1CCCCC1. The maximum absolute atomic E-state index is 6.50. The topological polar surface area (TPSA) is 38.4 Å². The third kappa shape index (κ3) is 3.86. The Hall–Kier alpha value is -1.39. The molecule has 3 aliphatic rings. The molecule has 1 heterocycles. The zero-order valence-corrected chi connectivity index (χ0v) is 18.7. The summed E-state index contributed by atoms with van der Waals surface area (Å²) in [5.74, 6) is 1.28. The number of benzene rings is 2. The van der Waals surface area contributed by atoms with E-state index in [-0.39, 0.29) is 0 Å². The first kappa shape index (κ1) is 19.6. The molecular formula is C25H30N2S2. The van der Waals surface area contributed by atoms with Gasteiger partial charge in [0.15, 0.2) is 0 Å². The number of nitrogens with two attached hydrogens (primary N) is 1. The van der Waals surface area contributed by atoms with Gasteiger partial charge in [-0.3, -0.25) is 0 Å². The Kier molecular flexibility index (Phi) is 5.66. The molecule has 5 rings (SSSR count). The number of hydrogen-bond acceptors (Lipinski definition) is 4. The van der Waals surface area contributed by atoms with Gasteiger partial charge in [0.2, 0.25) is 0 Å². The lowest BCUT2D eigenvalue weighted by Gasteiger charge is -2.27. The van der Waals surface area contributed by atoms with Gasteiger partial charge in [0.05, 0.1) is 10.7 Å². The second-order valence-corrected chi connectivity index (χ2v) is 11.0. The Balaban J connectivity index is 1.50. The molecule has 2 fully saturated rings. The Labute approximate surface area is 182 Å². The molecule has 0 saturated heterocycles. The van der Waals surface area contributed by atoms with Crippen LogP contribution in [-0.2, 0) is 0 Å². The summed E-state index contributed by atoms with van der Waals surface area (Å²) < 4.78 is 0. The van der Waals surface area contributed by atoms with E-state index in [0.29, 0.717) is 11.8 Å². The van der Waals surface area contributed by atoms with Gasteiger partial charge in [-0.1, -0.05) is 68.6 Å². The molecule has 2 N–H and O–H groups in total. The van der Waals surface area contributed by atoms with Crippen molar-refractivity contribution in [1.82, 2.24) is 0 Å². The van der Waals surface area contributed by atoms with Crippen molar-refractivity contribution in [3.05, 3.63) is 35.7 Å². The van der Waals surface area contributed by atoms with Crippen LogP contribution in [0.15, 0.2) is 50.5 Å². The van der Waals surface area contributed by atoms with Crippen molar-refractivity contribution in [3.63, 3.8) is 0 Å². The maximum Gasteiger partial charge on any atom is 0.0817 e. The van der Waals surface area contributed by atoms with Crippen LogP contribution in [0.1, 0.15) is 64.2 Å². The first-order chi connectivity index (χ1) is 14.2. The molecule has 2 aromatic carbocycles. The molecule has 0 spiro atoms. The summed E-state index contributed by atoms with van der Waals surface area (Å²) in [5, 5.41) is 3.74. The molecule has 0 atom stereocenters. The molecule has 0 amide bonds. The summed E-state index contributed by atoms with van der Waals surface area (Å²) in [6.45, 7) is 4.45. The Morgan fingerprint density at radius 3 is 2.41 bits per heavy atom. The minimum absolute atomic E-state index is 0.634. The highest BCUT2D eigenvalue weighted by Crippen LogP contribution is 2.49. The Morgan fingerprint density at radius 2 is 1.66 bits per heavy atom. The van der Waals surface area contributed by atoms with Gasteiger partial charge in [-0.25, -0.2) is 4.99 Å². The number of allylic oxidation sites excluding steroid dienone is 1. The van der Waals surface area contributed by atoms with Crippen molar-refractivity contribution >= 4 is 50.7 Å². The molecule has 2 aromatic rings. The van der Waals surface area contributed by atoms with Crippen LogP contribution in [0.4, 0.5) is 11.4 Å². The van der Waals surface area contributed by atoms with E-state index < -0.39 is 0 Å². The van der Waals surface area contributed by atoms with Gasteiger partial charge in [0.1, 0.15) is 0 Å². The Morgan fingerprint density at radius 1 is 0.931 bits per heavy atom. The molecule has 152 valence electrons. The summed E-state index contributed by atoms with van der Waals surface area (Å²) in [6.07, 6.45) is 13.3. The van der Waals surface area contributed by atoms with Crippen molar-refractivity contribution in [2.75, 3.05) is 5.73 Å². The summed E-state index contributed by atoms with van der Waals surface area (Å²) in [4.78, 5) is 9.01. The van der Waals surface area contributed by atoms with Gasteiger partial charge in [0, 0.05) is 32.2 Å². The lowest BCUT2D eigenvalue weighted by atomic mass is 9.89. The molecule has 29 heavy (non-hydrogen) atoms. The number of hydrogen-bond donors (Lipinski definition) is 1. The van der Waals surface area contributed by atoms with Gasteiger partial charge in [-0.15, -0.1) is 0 Å². The standard InChI is InChI=1S/C25H30N2S2/c1-16(17-8-4-2-5-9-17)28-21-15-13-20-24-22(14-12-19(26)23(21)24)29-25(27-20)18-10-6-3-7-11-18/h12-15,17-18H,1-11,26H2. The van der Waals surface area contributed by atoms with Crippen LogP contribution in [0.2, 0.25) is 0 Å². The summed E-state index contributed by atoms with van der Waals surface area (Å²) in [7, 11) is 0. The molecule has 0 unspecified atom stereocenters. The minimum Gasteiger partial charge on any atom is -0.398 e. The lowest BCUT2D eigenvalue weighted by molar-refractivity contribution is 0.415. The molecule has 4 heteroatoms. The van der Waals surface area contributed by atoms with E-state index in [0.717, 1.165) is 11.4 Å². The molecule has 0 bridgehead atoms. The second kappa shape index (κ2) is 8.39. The summed E-state index contributed by atoms with van der Waals surface area (Å²) in [6, 6.07) is 8.73.